The number of hydrogen-bond donors (Lipinski definition) is 1. The van der Waals surface area contributed by atoms with Gasteiger partial charge in [-0.25, -0.2) is 9.59 Å². The summed E-state index contributed by atoms with van der Waals surface area (Å²) in [6, 6.07) is 13.8. The van der Waals surface area contributed by atoms with Crippen molar-refractivity contribution in [2.45, 2.75) is 19.3 Å². The van der Waals surface area contributed by atoms with Gasteiger partial charge in [0.1, 0.15) is 0 Å². The van der Waals surface area contributed by atoms with Crippen LogP contribution in [0.5, 0.6) is 0 Å². The average Bonchev–Trinajstić information content (AvgIpc) is 2.67. The number of halogens is 1. The van der Waals surface area contributed by atoms with E-state index in [-0.39, 0.29) is 18.3 Å². The summed E-state index contributed by atoms with van der Waals surface area (Å²) >= 11 is 3.26. The summed E-state index contributed by atoms with van der Waals surface area (Å²) < 4.78 is 10.0. The Morgan fingerprint density at radius 1 is 0.889 bits per heavy atom. The molecule has 0 amide bonds. The molecule has 0 spiro atoms. The van der Waals surface area contributed by atoms with Crippen molar-refractivity contribution in [3.05, 3.63) is 69.7 Å². The summed E-state index contributed by atoms with van der Waals surface area (Å²) in [4.78, 5) is 32.6. The summed E-state index contributed by atoms with van der Waals surface area (Å²) in [5.74, 6) is -1.59. The Morgan fingerprint density at radius 2 is 1.30 bits per heavy atom. The fourth-order valence-corrected chi connectivity index (χ4v) is 2.41. The van der Waals surface area contributed by atoms with Crippen LogP contribution < -0.4 is 0 Å². The first-order valence-electron chi connectivity index (χ1n) is 8.02. The first-order chi connectivity index (χ1) is 12.8. The molecule has 27 heavy (non-hydrogen) atoms. The van der Waals surface area contributed by atoms with Crippen LogP contribution in [-0.2, 0) is 14.3 Å². The molecule has 0 aliphatic carbocycles. The van der Waals surface area contributed by atoms with Crippen molar-refractivity contribution in [2.24, 2.45) is 0 Å². The smallest absolute Gasteiger partial charge is 0.337 e. The molecule has 2 aromatic carbocycles. The van der Waals surface area contributed by atoms with E-state index < -0.39 is 11.9 Å². The van der Waals surface area contributed by atoms with E-state index in [4.69, 9.17) is 5.11 Å². The molecule has 1 unspecified atom stereocenters. The third kappa shape index (κ3) is 7.62. The number of methoxy groups -OCH3 is 2. The van der Waals surface area contributed by atoms with Crippen LogP contribution in [-0.4, -0.2) is 37.2 Å². The maximum Gasteiger partial charge on any atom is 0.337 e. The van der Waals surface area contributed by atoms with E-state index in [9.17, 15) is 14.4 Å². The SMILES string of the molecule is COC(=O)c1ccc(Br)cc1.COC(=O)c1ccc(C(C)CC(=O)O)cc1. The number of carbonyl (C=O) groups excluding carboxylic acids is 2. The Balaban J connectivity index is 0.000000289. The molecule has 0 saturated heterocycles. The number of carboxylic acid groups (broad SMARTS) is 1. The Kier molecular flexibility index (Phi) is 9.22. The van der Waals surface area contributed by atoms with Crippen LogP contribution in [0, 0.1) is 0 Å². The van der Waals surface area contributed by atoms with Crippen molar-refractivity contribution in [1.82, 2.24) is 0 Å². The lowest BCUT2D eigenvalue weighted by atomic mass is 9.97. The molecule has 7 heteroatoms. The van der Waals surface area contributed by atoms with E-state index in [0.29, 0.717) is 11.1 Å². The number of benzene rings is 2. The van der Waals surface area contributed by atoms with E-state index in [0.717, 1.165) is 10.0 Å². The lowest BCUT2D eigenvalue weighted by Gasteiger charge is -2.09. The van der Waals surface area contributed by atoms with Crippen LogP contribution >= 0.6 is 15.9 Å². The third-order valence-electron chi connectivity index (χ3n) is 3.65. The van der Waals surface area contributed by atoms with Crippen molar-refractivity contribution >= 4 is 33.8 Å². The zero-order chi connectivity index (χ0) is 20.4. The molecule has 0 aliphatic rings. The summed E-state index contributed by atoms with van der Waals surface area (Å²) in [6.07, 6.45) is 0.0809. The average molecular weight is 437 g/mol. The molecule has 2 aromatic rings. The van der Waals surface area contributed by atoms with Gasteiger partial charge in [0.2, 0.25) is 0 Å². The van der Waals surface area contributed by atoms with Crippen molar-refractivity contribution < 1.29 is 29.0 Å². The number of rotatable bonds is 5. The first-order valence-corrected chi connectivity index (χ1v) is 8.81. The van der Waals surface area contributed by atoms with Crippen LogP contribution in [0.3, 0.4) is 0 Å². The van der Waals surface area contributed by atoms with Crippen molar-refractivity contribution in [1.29, 1.82) is 0 Å². The van der Waals surface area contributed by atoms with Gasteiger partial charge in [-0.2, -0.15) is 0 Å². The molecule has 0 saturated carbocycles. The van der Waals surface area contributed by atoms with Gasteiger partial charge in [-0.3, -0.25) is 4.79 Å². The predicted octanol–water partition coefficient (Wildman–Crippen LogP) is 4.29. The maximum absolute atomic E-state index is 11.2. The number of ether oxygens (including phenoxy) is 2. The number of aliphatic carboxylic acids is 1. The van der Waals surface area contributed by atoms with Gasteiger partial charge in [0.15, 0.2) is 0 Å². The number of esters is 2. The van der Waals surface area contributed by atoms with Crippen molar-refractivity contribution in [3.63, 3.8) is 0 Å². The number of carboxylic acids is 1. The van der Waals surface area contributed by atoms with E-state index in [1.54, 1.807) is 48.5 Å². The van der Waals surface area contributed by atoms with Gasteiger partial charge in [0.05, 0.1) is 31.8 Å². The molecule has 1 N–H and O–H groups in total. The van der Waals surface area contributed by atoms with Crippen LogP contribution in [0.2, 0.25) is 0 Å². The summed E-state index contributed by atoms with van der Waals surface area (Å²) in [5.41, 5.74) is 1.93. The quantitative estimate of drug-likeness (QED) is 0.703. The number of carbonyl (C=O) groups is 3. The maximum atomic E-state index is 11.2. The monoisotopic (exact) mass is 436 g/mol. The van der Waals surface area contributed by atoms with Gasteiger partial charge in [-0.15, -0.1) is 0 Å². The van der Waals surface area contributed by atoms with Gasteiger partial charge in [-0.1, -0.05) is 35.0 Å². The topological polar surface area (TPSA) is 89.9 Å². The van der Waals surface area contributed by atoms with E-state index in [1.807, 2.05) is 6.92 Å². The highest BCUT2D eigenvalue weighted by Crippen LogP contribution is 2.19. The van der Waals surface area contributed by atoms with Gasteiger partial charge in [0.25, 0.3) is 0 Å². The summed E-state index contributed by atoms with van der Waals surface area (Å²) in [5, 5.41) is 8.65. The molecular formula is C20H21BrO6. The normalized spacial score (nSPS) is 10.8. The predicted molar refractivity (Wildman–Crippen MR) is 104 cm³/mol. The standard InChI is InChI=1S/C12H14O4.C8H7BrO2/c1-8(7-11(13)14)9-3-5-10(6-4-9)12(15)16-2;1-11-8(10)6-2-4-7(9)5-3-6/h3-6,8H,7H2,1-2H3,(H,13,14);2-5H,1H3. The largest absolute Gasteiger partial charge is 0.481 e. The second kappa shape index (κ2) is 11.1. The third-order valence-corrected chi connectivity index (χ3v) is 4.18. The molecule has 0 aromatic heterocycles. The summed E-state index contributed by atoms with van der Waals surface area (Å²) in [6.45, 7) is 1.83. The molecule has 0 bridgehead atoms. The molecule has 0 aliphatic heterocycles. The number of hydrogen-bond acceptors (Lipinski definition) is 5. The van der Waals surface area contributed by atoms with Crippen LogP contribution in [0.4, 0.5) is 0 Å². The molecule has 144 valence electrons. The molecule has 0 radical (unpaired) electrons. The highest BCUT2D eigenvalue weighted by molar-refractivity contribution is 9.10. The highest BCUT2D eigenvalue weighted by Gasteiger charge is 2.11. The fraction of sp³-hybridized carbons (Fsp3) is 0.250. The molecular weight excluding hydrogens is 416 g/mol. The second-order valence-electron chi connectivity index (χ2n) is 5.61. The molecule has 0 fully saturated rings. The van der Waals surface area contributed by atoms with Crippen molar-refractivity contribution in [2.75, 3.05) is 14.2 Å². The van der Waals surface area contributed by atoms with Gasteiger partial charge in [0, 0.05) is 4.47 Å². The van der Waals surface area contributed by atoms with E-state index in [2.05, 4.69) is 25.4 Å². The van der Waals surface area contributed by atoms with Crippen molar-refractivity contribution in [3.8, 4) is 0 Å². The minimum Gasteiger partial charge on any atom is -0.481 e. The van der Waals surface area contributed by atoms with Gasteiger partial charge in [-0.05, 0) is 47.9 Å². The zero-order valence-corrected chi connectivity index (χ0v) is 16.9. The molecule has 2 rings (SSSR count). The van der Waals surface area contributed by atoms with E-state index in [1.165, 1.54) is 14.2 Å². The summed E-state index contributed by atoms with van der Waals surface area (Å²) in [7, 11) is 2.69. The Labute approximate surface area is 166 Å². The molecule has 0 heterocycles. The highest BCUT2D eigenvalue weighted by atomic mass is 79.9. The Hall–Kier alpha value is -2.67. The van der Waals surface area contributed by atoms with Crippen LogP contribution in [0.25, 0.3) is 0 Å². The lowest BCUT2D eigenvalue weighted by Crippen LogP contribution is -2.04. The molecule has 6 nitrogen and oxygen atoms in total. The fourth-order valence-electron chi connectivity index (χ4n) is 2.15. The minimum atomic E-state index is -0.829. The lowest BCUT2D eigenvalue weighted by molar-refractivity contribution is -0.137. The first kappa shape index (κ1) is 22.4. The second-order valence-corrected chi connectivity index (χ2v) is 6.53. The van der Waals surface area contributed by atoms with E-state index >= 15 is 0 Å². The molecule has 1 atom stereocenters. The Bertz CT molecular complexity index is 768. The minimum absolute atomic E-state index is 0.0656. The zero-order valence-electron chi connectivity index (χ0n) is 15.3. The van der Waals surface area contributed by atoms with Gasteiger partial charge >= 0.3 is 17.9 Å². The van der Waals surface area contributed by atoms with Crippen LogP contribution in [0.1, 0.15) is 45.5 Å². The van der Waals surface area contributed by atoms with Gasteiger partial charge < -0.3 is 14.6 Å². The van der Waals surface area contributed by atoms with Crippen LogP contribution in [0.15, 0.2) is 53.0 Å². The Morgan fingerprint density at radius 3 is 1.67 bits per heavy atom.